The number of hydrogen-bond acceptors (Lipinski definition) is 2. The molecular weight excluding hydrogens is 234 g/mol. The second-order valence-electron chi connectivity index (χ2n) is 4.16. The third kappa shape index (κ3) is 3.35. The van der Waals surface area contributed by atoms with Gasteiger partial charge in [-0.25, -0.2) is 0 Å². The molecule has 2 rings (SSSR count). The van der Waals surface area contributed by atoms with Gasteiger partial charge in [-0.1, -0.05) is 43.7 Å². The number of hydrogen-bond donors (Lipinski definition) is 1. The Bertz CT molecular complexity index is 609. The van der Waals surface area contributed by atoms with E-state index in [4.69, 9.17) is 5.26 Å². The van der Waals surface area contributed by atoms with Crippen molar-refractivity contribution in [3.8, 4) is 22.9 Å². The molecule has 1 N–H and O–H groups in total. The predicted molar refractivity (Wildman–Crippen MR) is 79.1 cm³/mol. The Morgan fingerprint density at radius 2 is 1.68 bits per heavy atom. The van der Waals surface area contributed by atoms with E-state index in [9.17, 15) is 5.11 Å². The molecule has 2 heteroatoms. The number of phenolic OH excluding ortho intramolecular Hbond substituents is 1. The Kier molecular flexibility index (Phi) is 5.14. The van der Waals surface area contributed by atoms with Gasteiger partial charge in [0.1, 0.15) is 11.8 Å². The van der Waals surface area contributed by atoms with Crippen LogP contribution in [0.5, 0.6) is 5.75 Å². The van der Waals surface area contributed by atoms with Crippen molar-refractivity contribution < 1.29 is 5.11 Å². The lowest BCUT2D eigenvalue weighted by Crippen LogP contribution is -1.86. The molecular formula is C17H19NO. The van der Waals surface area contributed by atoms with E-state index < -0.39 is 0 Å². The Balaban J connectivity index is 0.000000861. The quantitative estimate of drug-likeness (QED) is 0.808. The monoisotopic (exact) mass is 253 g/mol. The van der Waals surface area contributed by atoms with Crippen LogP contribution in [-0.4, -0.2) is 5.11 Å². The van der Waals surface area contributed by atoms with Gasteiger partial charge in [0.25, 0.3) is 0 Å². The van der Waals surface area contributed by atoms with E-state index in [-0.39, 0.29) is 5.75 Å². The van der Waals surface area contributed by atoms with Crippen molar-refractivity contribution in [2.24, 2.45) is 0 Å². The van der Waals surface area contributed by atoms with Gasteiger partial charge in [0.2, 0.25) is 0 Å². The number of nitrogens with zero attached hydrogens (tertiary/aromatic N) is 1. The smallest absolute Gasteiger partial charge is 0.133 e. The van der Waals surface area contributed by atoms with Crippen LogP contribution in [0, 0.1) is 25.2 Å². The van der Waals surface area contributed by atoms with Gasteiger partial charge < -0.3 is 5.11 Å². The van der Waals surface area contributed by atoms with Crippen LogP contribution in [0.2, 0.25) is 0 Å². The molecule has 98 valence electrons. The van der Waals surface area contributed by atoms with Gasteiger partial charge in [0.15, 0.2) is 0 Å². The second kappa shape index (κ2) is 6.61. The summed E-state index contributed by atoms with van der Waals surface area (Å²) in [4.78, 5) is 0. The molecule has 0 aliphatic heterocycles. The molecule has 0 amide bonds. The first-order chi connectivity index (χ1) is 9.11. The number of nitriles is 1. The van der Waals surface area contributed by atoms with Crippen molar-refractivity contribution in [1.29, 1.82) is 5.26 Å². The molecule has 0 aliphatic carbocycles. The summed E-state index contributed by atoms with van der Waals surface area (Å²) in [6.45, 7) is 8.07. The first kappa shape index (κ1) is 14.8. The minimum Gasteiger partial charge on any atom is -0.507 e. The van der Waals surface area contributed by atoms with Gasteiger partial charge in [-0.05, 0) is 42.7 Å². The Morgan fingerprint density at radius 3 is 2.26 bits per heavy atom. The van der Waals surface area contributed by atoms with Crippen molar-refractivity contribution in [1.82, 2.24) is 0 Å². The molecule has 0 heterocycles. The van der Waals surface area contributed by atoms with Crippen LogP contribution in [0.1, 0.15) is 30.5 Å². The van der Waals surface area contributed by atoms with Gasteiger partial charge in [-0.15, -0.1) is 0 Å². The van der Waals surface area contributed by atoms with Crippen LogP contribution in [-0.2, 0) is 0 Å². The lowest BCUT2D eigenvalue weighted by Gasteiger charge is -2.08. The predicted octanol–water partition coefficient (Wildman–Crippen LogP) is 4.57. The zero-order chi connectivity index (χ0) is 14.4. The van der Waals surface area contributed by atoms with E-state index in [2.05, 4.69) is 18.2 Å². The van der Waals surface area contributed by atoms with Crippen LogP contribution in [0.3, 0.4) is 0 Å². The largest absolute Gasteiger partial charge is 0.507 e. The zero-order valence-corrected chi connectivity index (χ0v) is 11.9. The molecule has 2 aromatic rings. The molecule has 0 aromatic heterocycles. The highest BCUT2D eigenvalue weighted by atomic mass is 16.3. The summed E-state index contributed by atoms with van der Waals surface area (Å²) in [6.07, 6.45) is 0. The van der Waals surface area contributed by atoms with E-state index in [0.717, 1.165) is 16.7 Å². The van der Waals surface area contributed by atoms with E-state index in [1.54, 1.807) is 12.1 Å². The van der Waals surface area contributed by atoms with Crippen LogP contribution >= 0.6 is 0 Å². The van der Waals surface area contributed by atoms with Crippen molar-refractivity contribution in [3.05, 3.63) is 53.1 Å². The number of benzene rings is 2. The molecule has 0 radical (unpaired) electrons. The fourth-order valence-electron chi connectivity index (χ4n) is 1.84. The van der Waals surface area contributed by atoms with Crippen LogP contribution in [0.4, 0.5) is 0 Å². The van der Waals surface area contributed by atoms with Crippen molar-refractivity contribution >= 4 is 0 Å². The normalized spacial score (nSPS) is 9.21. The first-order valence-electron chi connectivity index (χ1n) is 6.42. The lowest BCUT2D eigenvalue weighted by molar-refractivity contribution is 0.474. The minimum atomic E-state index is 0.0332. The second-order valence-corrected chi connectivity index (χ2v) is 4.16. The molecule has 0 spiro atoms. The van der Waals surface area contributed by atoms with Crippen LogP contribution in [0.15, 0.2) is 36.4 Å². The Labute approximate surface area is 115 Å². The van der Waals surface area contributed by atoms with E-state index >= 15 is 0 Å². The SMILES string of the molecule is CC.Cc1ccc(C)c(-c2ccc(C#N)c(O)c2)c1. The summed E-state index contributed by atoms with van der Waals surface area (Å²) in [5.74, 6) is 0.0332. The van der Waals surface area contributed by atoms with Crippen molar-refractivity contribution in [2.75, 3.05) is 0 Å². The molecule has 19 heavy (non-hydrogen) atoms. The molecule has 0 saturated carbocycles. The first-order valence-corrected chi connectivity index (χ1v) is 6.42. The number of phenols is 1. The fraction of sp³-hybridized carbons (Fsp3) is 0.235. The number of aryl methyl sites for hydroxylation is 2. The minimum absolute atomic E-state index is 0.0332. The molecule has 0 saturated heterocycles. The standard InChI is InChI=1S/C15H13NO.C2H6/c1-10-3-4-11(2)14(7-10)12-5-6-13(9-16)15(17)8-12;1-2/h3-8,17H,1-2H3;1-2H3. The summed E-state index contributed by atoms with van der Waals surface area (Å²) in [5.41, 5.74) is 4.65. The molecule has 0 unspecified atom stereocenters. The maximum atomic E-state index is 9.69. The number of rotatable bonds is 1. The molecule has 0 fully saturated rings. The van der Waals surface area contributed by atoms with Gasteiger partial charge in [0.05, 0.1) is 5.56 Å². The zero-order valence-electron chi connectivity index (χ0n) is 11.9. The van der Waals surface area contributed by atoms with E-state index in [1.807, 2.05) is 39.8 Å². The Hall–Kier alpha value is -2.27. The Morgan fingerprint density at radius 1 is 1.00 bits per heavy atom. The number of aromatic hydroxyl groups is 1. The van der Waals surface area contributed by atoms with E-state index in [1.165, 1.54) is 5.56 Å². The summed E-state index contributed by atoms with van der Waals surface area (Å²) in [7, 11) is 0. The van der Waals surface area contributed by atoms with Crippen LogP contribution in [0.25, 0.3) is 11.1 Å². The van der Waals surface area contributed by atoms with Gasteiger partial charge in [0, 0.05) is 0 Å². The third-order valence-electron chi connectivity index (χ3n) is 2.82. The molecule has 0 aliphatic rings. The molecule has 2 nitrogen and oxygen atoms in total. The average Bonchev–Trinajstić information content (AvgIpc) is 2.43. The highest BCUT2D eigenvalue weighted by Crippen LogP contribution is 2.29. The summed E-state index contributed by atoms with van der Waals surface area (Å²) < 4.78 is 0. The summed E-state index contributed by atoms with van der Waals surface area (Å²) in [6, 6.07) is 13.3. The van der Waals surface area contributed by atoms with Gasteiger partial charge in [-0.3, -0.25) is 0 Å². The van der Waals surface area contributed by atoms with Gasteiger partial charge >= 0.3 is 0 Å². The maximum Gasteiger partial charge on any atom is 0.133 e. The summed E-state index contributed by atoms with van der Waals surface area (Å²) >= 11 is 0. The average molecular weight is 253 g/mol. The topological polar surface area (TPSA) is 44.0 Å². The molecule has 2 aromatic carbocycles. The van der Waals surface area contributed by atoms with Crippen molar-refractivity contribution in [2.45, 2.75) is 27.7 Å². The van der Waals surface area contributed by atoms with Crippen molar-refractivity contribution in [3.63, 3.8) is 0 Å². The summed E-state index contributed by atoms with van der Waals surface area (Å²) in [5, 5.41) is 18.5. The molecule has 0 atom stereocenters. The van der Waals surface area contributed by atoms with Crippen LogP contribution < -0.4 is 0 Å². The fourth-order valence-corrected chi connectivity index (χ4v) is 1.84. The lowest BCUT2D eigenvalue weighted by atomic mass is 9.97. The highest BCUT2D eigenvalue weighted by molar-refractivity contribution is 5.70. The van der Waals surface area contributed by atoms with E-state index in [0.29, 0.717) is 5.56 Å². The maximum absolute atomic E-state index is 9.69. The highest BCUT2D eigenvalue weighted by Gasteiger charge is 2.06. The third-order valence-corrected chi connectivity index (χ3v) is 2.82. The van der Waals surface area contributed by atoms with Gasteiger partial charge in [-0.2, -0.15) is 5.26 Å². The molecule has 0 bridgehead atoms.